The molecule has 2 atom stereocenters. The van der Waals surface area contributed by atoms with Crippen LogP contribution in [0.5, 0.6) is 0 Å². The van der Waals surface area contributed by atoms with E-state index in [0.29, 0.717) is 6.04 Å². The van der Waals surface area contributed by atoms with Crippen LogP contribution < -0.4 is 5.32 Å². The molecule has 1 heteroatoms. The largest absolute Gasteiger partial charge is 0.310 e. The van der Waals surface area contributed by atoms with Gasteiger partial charge in [-0.15, -0.1) is 0 Å². The summed E-state index contributed by atoms with van der Waals surface area (Å²) in [6.07, 6.45) is 1.32. The van der Waals surface area contributed by atoms with E-state index in [1.54, 1.807) is 0 Å². The first-order chi connectivity index (χ1) is 6.79. The van der Waals surface area contributed by atoms with E-state index in [-0.39, 0.29) is 0 Å². The third-order valence-corrected chi connectivity index (χ3v) is 3.29. The van der Waals surface area contributed by atoms with Crippen molar-refractivity contribution in [2.45, 2.75) is 26.3 Å². The Balaban J connectivity index is 2.18. The average molecular weight is 189 g/mol. The molecule has 1 aliphatic heterocycles. The molecule has 1 fully saturated rings. The molecule has 1 aliphatic rings. The summed E-state index contributed by atoms with van der Waals surface area (Å²) < 4.78 is 0. The minimum atomic E-state index is 0.580. The summed E-state index contributed by atoms with van der Waals surface area (Å²) in [5.41, 5.74) is 1.45. The third-order valence-electron chi connectivity index (χ3n) is 3.29. The van der Waals surface area contributed by atoms with Crippen molar-refractivity contribution in [1.82, 2.24) is 5.32 Å². The van der Waals surface area contributed by atoms with Crippen molar-refractivity contribution in [1.29, 1.82) is 0 Å². The number of nitrogens with one attached hydrogen (secondary N) is 1. The third kappa shape index (κ3) is 1.83. The van der Waals surface area contributed by atoms with E-state index in [1.165, 1.54) is 18.5 Å². The van der Waals surface area contributed by atoms with E-state index in [9.17, 15) is 0 Å². The van der Waals surface area contributed by atoms with Crippen molar-refractivity contribution >= 4 is 0 Å². The Morgan fingerprint density at radius 2 is 1.93 bits per heavy atom. The summed E-state index contributed by atoms with van der Waals surface area (Å²) in [4.78, 5) is 0. The maximum absolute atomic E-state index is 3.60. The Morgan fingerprint density at radius 1 is 1.21 bits per heavy atom. The van der Waals surface area contributed by atoms with Crippen molar-refractivity contribution in [2.75, 3.05) is 6.54 Å². The highest BCUT2D eigenvalue weighted by Crippen LogP contribution is 2.34. The molecule has 2 rings (SSSR count). The first-order valence-electron chi connectivity index (χ1n) is 5.57. The van der Waals surface area contributed by atoms with Crippen LogP contribution in [0.3, 0.4) is 0 Å². The van der Waals surface area contributed by atoms with Crippen molar-refractivity contribution in [3.63, 3.8) is 0 Å². The molecule has 0 radical (unpaired) electrons. The highest BCUT2D eigenvalue weighted by Gasteiger charge is 2.29. The lowest BCUT2D eigenvalue weighted by molar-refractivity contribution is 0.347. The fourth-order valence-electron chi connectivity index (χ4n) is 2.47. The smallest absolute Gasteiger partial charge is 0.0351 e. The average Bonchev–Trinajstić information content (AvgIpc) is 2.67. The molecular formula is C13H19N. The lowest BCUT2D eigenvalue weighted by Crippen LogP contribution is -2.20. The Labute approximate surface area is 86.5 Å². The molecule has 1 nitrogen and oxygen atoms in total. The Bertz CT molecular complexity index is 279. The lowest BCUT2D eigenvalue weighted by atomic mass is 9.85. The fourth-order valence-corrected chi connectivity index (χ4v) is 2.47. The second kappa shape index (κ2) is 4.14. The van der Waals surface area contributed by atoms with Crippen molar-refractivity contribution in [3.8, 4) is 0 Å². The molecule has 1 saturated heterocycles. The summed E-state index contributed by atoms with van der Waals surface area (Å²) in [5, 5.41) is 3.60. The van der Waals surface area contributed by atoms with Crippen molar-refractivity contribution in [3.05, 3.63) is 35.9 Å². The van der Waals surface area contributed by atoms with Crippen molar-refractivity contribution < 1.29 is 0 Å². The van der Waals surface area contributed by atoms with Gasteiger partial charge in [0.15, 0.2) is 0 Å². The standard InChI is InChI=1S/C13H19N/c1-10(2)12-8-9-14-13(12)11-6-4-3-5-7-11/h3-7,10,12-14H,8-9H2,1-2H3/t12-,13+/m0/s1. The molecule has 0 aromatic heterocycles. The second-order valence-electron chi connectivity index (χ2n) is 4.54. The van der Waals surface area contributed by atoms with Crippen LogP contribution >= 0.6 is 0 Å². The maximum atomic E-state index is 3.60. The summed E-state index contributed by atoms with van der Waals surface area (Å²) in [6.45, 7) is 5.82. The molecule has 76 valence electrons. The zero-order chi connectivity index (χ0) is 9.97. The van der Waals surface area contributed by atoms with Gasteiger partial charge in [0, 0.05) is 6.04 Å². The van der Waals surface area contributed by atoms with Gasteiger partial charge >= 0.3 is 0 Å². The van der Waals surface area contributed by atoms with E-state index in [4.69, 9.17) is 0 Å². The highest BCUT2D eigenvalue weighted by molar-refractivity contribution is 5.20. The fraction of sp³-hybridized carbons (Fsp3) is 0.538. The molecular weight excluding hydrogens is 170 g/mol. The molecule has 0 aliphatic carbocycles. The number of hydrogen-bond donors (Lipinski definition) is 1. The van der Waals surface area contributed by atoms with Gasteiger partial charge in [-0.3, -0.25) is 0 Å². The van der Waals surface area contributed by atoms with Gasteiger partial charge < -0.3 is 5.32 Å². The van der Waals surface area contributed by atoms with E-state index < -0.39 is 0 Å². The van der Waals surface area contributed by atoms with Gasteiger partial charge in [0.25, 0.3) is 0 Å². The van der Waals surface area contributed by atoms with Crippen LogP contribution in [-0.4, -0.2) is 6.54 Å². The van der Waals surface area contributed by atoms with Gasteiger partial charge in [-0.2, -0.15) is 0 Å². The van der Waals surface area contributed by atoms with Gasteiger partial charge in [-0.05, 0) is 30.4 Å². The number of benzene rings is 1. The summed E-state index contributed by atoms with van der Waals surface area (Å²) in [5.74, 6) is 1.58. The summed E-state index contributed by atoms with van der Waals surface area (Å²) >= 11 is 0. The first kappa shape index (κ1) is 9.72. The Hall–Kier alpha value is -0.820. The predicted molar refractivity (Wildman–Crippen MR) is 60.1 cm³/mol. The molecule has 0 bridgehead atoms. The molecule has 0 amide bonds. The minimum Gasteiger partial charge on any atom is -0.310 e. The van der Waals surface area contributed by atoms with Gasteiger partial charge in [-0.25, -0.2) is 0 Å². The second-order valence-corrected chi connectivity index (χ2v) is 4.54. The van der Waals surface area contributed by atoms with Crippen LogP contribution in [0, 0.1) is 11.8 Å². The number of hydrogen-bond acceptors (Lipinski definition) is 1. The Morgan fingerprint density at radius 3 is 2.57 bits per heavy atom. The SMILES string of the molecule is CC(C)[C@@H]1CCN[C@@H]1c1ccccc1. The summed E-state index contributed by atoms with van der Waals surface area (Å²) in [7, 11) is 0. The molecule has 0 spiro atoms. The Kier molecular flexibility index (Phi) is 2.87. The lowest BCUT2D eigenvalue weighted by Gasteiger charge is -2.23. The van der Waals surface area contributed by atoms with E-state index in [2.05, 4.69) is 49.5 Å². The molecule has 1 N–H and O–H groups in total. The van der Waals surface area contributed by atoms with Gasteiger partial charge in [-0.1, -0.05) is 44.2 Å². The van der Waals surface area contributed by atoms with Crippen LogP contribution in [0.15, 0.2) is 30.3 Å². The normalized spacial score (nSPS) is 27.1. The van der Waals surface area contributed by atoms with E-state index >= 15 is 0 Å². The molecule has 0 saturated carbocycles. The highest BCUT2D eigenvalue weighted by atomic mass is 15.0. The zero-order valence-electron chi connectivity index (χ0n) is 9.03. The van der Waals surface area contributed by atoms with Crippen LogP contribution in [0.25, 0.3) is 0 Å². The van der Waals surface area contributed by atoms with Crippen LogP contribution in [0.2, 0.25) is 0 Å². The van der Waals surface area contributed by atoms with Gasteiger partial charge in [0.05, 0.1) is 0 Å². The molecule has 14 heavy (non-hydrogen) atoms. The summed E-state index contributed by atoms with van der Waals surface area (Å²) in [6, 6.07) is 11.4. The molecule has 1 aromatic rings. The minimum absolute atomic E-state index is 0.580. The maximum Gasteiger partial charge on any atom is 0.0351 e. The zero-order valence-corrected chi connectivity index (χ0v) is 9.03. The van der Waals surface area contributed by atoms with Crippen LogP contribution in [-0.2, 0) is 0 Å². The molecule has 1 aromatic carbocycles. The molecule has 1 heterocycles. The quantitative estimate of drug-likeness (QED) is 0.754. The van der Waals surface area contributed by atoms with E-state index in [0.717, 1.165) is 11.8 Å². The predicted octanol–water partition coefficient (Wildman–Crippen LogP) is 2.99. The van der Waals surface area contributed by atoms with Gasteiger partial charge in [0.1, 0.15) is 0 Å². The first-order valence-corrected chi connectivity index (χ1v) is 5.57. The number of rotatable bonds is 2. The van der Waals surface area contributed by atoms with E-state index in [1.807, 2.05) is 0 Å². The monoisotopic (exact) mass is 189 g/mol. The van der Waals surface area contributed by atoms with Crippen molar-refractivity contribution in [2.24, 2.45) is 11.8 Å². The molecule has 0 unspecified atom stereocenters. The topological polar surface area (TPSA) is 12.0 Å². The van der Waals surface area contributed by atoms with Crippen LogP contribution in [0.1, 0.15) is 31.9 Å². The van der Waals surface area contributed by atoms with Crippen LogP contribution in [0.4, 0.5) is 0 Å². The van der Waals surface area contributed by atoms with Gasteiger partial charge in [0.2, 0.25) is 0 Å².